The van der Waals surface area contributed by atoms with E-state index in [2.05, 4.69) is 48.6 Å². The molecule has 1 atom stereocenters. The number of alkyl halides is 2. The Bertz CT molecular complexity index is 136. The topological polar surface area (TPSA) is 6.48 Å². The number of halogens is 2. The van der Waals surface area contributed by atoms with Gasteiger partial charge in [-0.15, -0.1) is 0 Å². The molecule has 1 heterocycles. The highest BCUT2D eigenvalue weighted by molar-refractivity contribution is 9.12. The lowest BCUT2D eigenvalue weighted by Gasteiger charge is -2.34. The molecule has 2 nitrogen and oxygen atoms in total. The third kappa shape index (κ3) is 4.28. The highest BCUT2D eigenvalue weighted by Crippen LogP contribution is 2.08. The Morgan fingerprint density at radius 3 is 2.15 bits per heavy atom. The van der Waals surface area contributed by atoms with Gasteiger partial charge in [0, 0.05) is 42.9 Å². The number of piperazine rings is 1. The lowest BCUT2D eigenvalue weighted by molar-refractivity contribution is 0.139. The van der Waals surface area contributed by atoms with Crippen molar-refractivity contribution in [1.29, 1.82) is 0 Å². The summed E-state index contributed by atoms with van der Waals surface area (Å²) in [6.07, 6.45) is 0. The lowest BCUT2D eigenvalue weighted by Crippen LogP contribution is -2.47. The van der Waals surface area contributed by atoms with Gasteiger partial charge in [-0.25, -0.2) is 0 Å². The van der Waals surface area contributed by atoms with Crippen LogP contribution >= 0.6 is 31.9 Å². The smallest absolute Gasteiger partial charge is 0.0370 e. The van der Waals surface area contributed by atoms with Crippen LogP contribution in [0.25, 0.3) is 0 Å². The van der Waals surface area contributed by atoms with E-state index in [4.69, 9.17) is 0 Å². The third-order valence-electron chi connectivity index (χ3n) is 2.54. The Balaban J connectivity index is 2.17. The molecule has 0 spiro atoms. The molecule has 1 aliphatic rings. The van der Waals surface area contributed by atoms with Gasteiger partial charge < -0.3 is 4.90 Å². The van der Waals surface area contributed by atoms with Crippen molar-refractivity contribution in [3.8, 4) is 0 Å². The molecule has 78 valence electrons. The molecule has 0 N–H and O–H groups in total. The fourth-order valence-electron chi connectivity index (χ4n) is 1.62. The summed E-state index contributed by atoms with van der Waals surface area (Å²) in [6, 6.07) is 0. The number of nitrogens with zero attached hydrogens (tertiary/aromatic N) is 2. The summed E-state index contributed by atoms with van der Waals surface area (Å²) in [5, 5.41) is 1.04. The Kier molecular flexibility index (Phi) is 5.87. The van der Waals surface area contributed by atoms with Crippen LogP contribution in [0.5, 0.6) is 0 Å². The minimum Gasteiger partial charge on any atom is -0.301 e. The maximum absolute atomic E-state index is 3.64. The normalized spacial score (nSPS) is 23.3. The van der Waals surface area contributed by atoms with Gasteiger partial charge >= 0.3 is 0 Å². The zero-order chi connectivity index (χ0) is 9.68. The second-order valence-electron chi connectivity index (χ2n) is 3.49. The molecule has 0 unspecified atom stereocenters. The van der Waals surface area contributed by atoms with Gasteiger partial charge in [-0.3, -0.25) is 4.90 Å². The largest absolute Gasteiger partial charge is 0.301 e. The van der Waals surface area contributed by atoms with Crippen LogP contribution in [0.15, 0.2) is 0 Å². The number of rotatable bonds is 4. The van der Waals surface area contributed by atoms with Crippen molar-refractivity contribution in [2.75, 3.05) is 44.6 Å². The molecule has 0 saturated carbocycles. The van der Waals surface area contributed by atoms with E-state index in [0.717, 1.165) is 5.33 Å². The van der Waals surface area contributed by atoms with Gasteiger partial charge in [-0.2, -0.15) is 0 Å². The van der Waals surface area contributed by atoms with Crippen LogP contribution in [0.4, 0.5) is 0 Å². The molecule has 1 saturated heterocycles. The number of hydrogen-bond donors (Lipinski definition) is 0. The summed E-state index contributed by atoms with van der Waals surface area (Å²) in [4.78, 5) is 5.64. The first-order valence-corrected chi connectivity index (χ1v) is 6.94. The van der Waals surface area contributed by atoms with Crippen molar-refractivity contribution in [2.24, 2.45) is 0 Å². The first-order valence-electron chi connectivity index (χ1n) is 4.91. The van der Waals surface area contributed by atoms with Crippen LogP contribution < -0.4 is 0 Å². The van der Waals surface area contributed by atoms with E-state index in [1.165, 1.54) is 39.3 Å². The van der Waals surface area contributed by atoms with Gasteiger partial charge in [-0.05, 0) is 6.54 Å². The molecule has 13 heavy (non-hydrogen) atoms. The van der Waals surface area contributed by atoms with E-state index in [9.17, 15) is 0 Å². The zero-order valence-electron chi connectivity index (χ0n) is 8.18. The monoisotopic (exact) mass is 312 g/mol. The minimum absolute atomic E-state index is 0.598. The molecule has 0 radical (unpaired) electrons. The summed E-state index contributed by atoms with van der Waals surface area (Å²) < 4.78 is 0. The minimum atomic E-state index is 0.598. The SMILES string of the molecule is CCN1CCN(C[C@@H](Br)CBr)CC1. The highest BCUT2D eigenvalue weighted by atomic mass is 79.9. The Labute approximate surface area is 97.9 Å². The molecule has 0 amide bonds. The molecule has 0 aromatic heterocycles. The van der Waals surface area contributed by atoms with Crippen molar-refractivity contribution in [3.05, 3.63) is 0 Å². The van der Waals surface area contributed by atoms with E-state index < -0.39 is 0 Å². The van der Waals surface area contributed by atoms with Crippen LogP contribution in [-0.2, 0) is 0 Å². The van der Waals surface area contributed by atoms with Crippen LogP contribution in [0.2, 0.25) is 0 Å². The van der Waals surface area contributed by atoms with Crippen molar-refractivity contribution in [1.82, 2.24) is 9.80 Å². The van der Waals surface area contributed by atoms with Gasteiger partial charge in [0.05, 0.1) is 0 Å². The van der Waals surface area contributed by atoms with Crippen LogP contribution in [-0.4, -0.2) is 59.2 Å². The molecule has 0 aromatic rings. The highest BCUT2D eigenvalue weighted by Gasteiger charge is 2.17. The molecular weight excluding hydrogens is 296 g/mol. The van der Waals surface area contributed by atoms with Crippen molar-refractivity contribution in [3.63, 3.8) is 0 Å². The first-order chi connectivity index (χ1) is 6.26. The Hall–Kier alpha value is 0.880. The summed E-state index contributed by atoms with van der Waals surface area (Å²) >= 11 is 7.13. The Morgan fingerprint density at radius 1 is 1.15 bits per heavy atom. The third-order valence-corrected chi connectivity index (χ3v) is 4.80. The second kappa shape index (κ2) is 6.38. The summed E-state index contributed by atoms with van der Waals surface area (Å²) in [5.74, 6) is 0. The van der Waals surface area contributed by atoms with Crippen LogP contribution in [0.3, 0.4) is 0 Å². The molecule has 0 aliphatic carbocycles. The quantitative estimate of drug-likeness (QED) is 0.730. The molecule has 1 rings (SSSR count). The maximum atomic E-state index is 3.64. The van der Waals surface area contributed by atoms with Crippen molar-refractivity contribution < 1.29 is 0 Å². The first kappa shape index (κ1) is 12.0. The molecule has 0 aromatic carbocycles. The molecule has 1 fully saturated rings. The summed E-state index contributed by atoms with van der Waals surface area (Å²) in [6.45, 7) is 9.52. The zero-order valence-corrected chi connectivity index (χ0v) is 11.3. The van der Waals surface area contributed by atoms with Gasteiger partial charge in [-0.1, -0.05) is 38.8 Å². The fraction of sp³-hybridized carbons (Fsp3) is 1.00. The molecule has 0 bridgehead atoms. The van der Waals surface area contributed by atoms with Gasteiger partial charge in [0.15, 0.2) is 0 Å². The number of hydrogen-bond acceptors (Lipinski definition) is 2. The molecule has 1 aliphatic heterocycles. The fourth-order valence-corrected chi connectivity index (χ4v) is 2.23. The standard InChI is InChI=1S/C9H18Br2N2/c1-2-12-3-5-13(6-4-12)8-9(11)7-10/h9H,2-8H2,1H3/t9-/m0/s1. The predicted molar refractivity (Wildman–Crippen MR) is 65.1 cm³/mol. The van der Waals surface area contributed by atoms with E-state index in [0.29, 0.717) is 4.83 Å². The van der Waals surface area contributed by atoms with E-state index in [1.807, 2.05) is 0 Å². The Morgan fingerprint density at radius 2 is 1.69 bits per heavy atom. The van der Waals surface area contributed by atoms with Crippen molar-refractivity contribution >= 4 is 31.9 Å². The van der Waals surface area contributed by atoms with Crippen molar-refractivity contribution in [2.45, 2.75) is 11.8 Å². The van der Waals surface area contributed by atoms with Crippen LogP contribution in [0.1, 0.15) is 6.92 Å². The lowest BCUT2D eigenvalue weighted by atomic mass is 10.3. The second-order valence-corrected chi connectivity index (χ2v) is 5.43. The summed E-state index contributed by atoms with van der Waals surface area (Å²) in [5.41, 5.74) is 0. The van der Waals surface area contributed by atoms with Crippen LogP contribution in [0, 0.1) is 0 Å². The summed E-state index contributed by atoms with van der Waals surface area (Å²) in [7, 11) is 0. The van der Waals surface area contributed by atoms with E-state index >= 15 is 0 Å². The maximum Gasteiger partial charge on any atom is 0.0370 e. The predicted octanol–water partition coefficient (Wildman–Crippen LogP) is 1.78. The van der Waals surface area contributed by atoms with Gasteiger partial charge in [0.1, 0.15) is 0 Å². The number of likely N-dealkylation sites (N-methyl/N-ethyl adjacent to an activating group) is 1. The average Bonchev–Trinajstić information content (AvgIpc) is 2.19. The average molecular weight is 314 g/mol. The van der Waals surface area contributed by atoms with Gasteiger partial charge in [0.25, 0.3) is 0 Å². The molecular formula is C9H18Br2N2. The van der Waals surface area contributed by atoms with E-state index in [-0.39, 0.29) is 0 Å². The van der Waals surface area contributed by atoms with E-state index in [1.54, 1.807) is 0 Å². The van der Waals surface area contributed by atoms with Gasteiger partial charge in [0.2, 0.25) is 0 Å². The molecule has 4 heteroatoms.